The summed E-state index contributed by atoms with van der Waals surface area (Å²) in [6.07, 6.45) is 0.309. The Labute approximate surface area is 101 Å². The van der Waals surface area contributed by atoms with Gasteiger partial charge >= 0.3 is 0 Å². The Morgan fingerprint density at radius 3 is 2.76 bits per heavy atom. The number of benzene rings is 1. The number of aliphatic hydroxyl groups excluding tert-OH is 1. The first-order valence-corrected chi connectivity index (χ1v) is 5.74. The molecule has 0 radical (unpaired) electrons. The van der Waals surface area contributed by atoms with Gasteiger partial charge in [-0.2, -0.15) is 0 Å². The van der Waals surface area contributed by atoms with Crippen molar-refractivity contribution in [1.82, 2.24) is 0 Å². The van der Waals surface area contributed by atoms with E-state index in [-0.39, 0.29) is 5.92 Å². The van der Waals surface area contributed by atoms with Gasteiger partial charge in [-0.05, 0) is 24.6 Å². The summed E-state index contributed by atoms with van der Waals surface area (Å²) in [4.78, 5) is 0. The van der Waals surface area contributed by atoms with E-state index in [0.717, 1.165) is 17.7 Å². The lowest BCUT2D eigenvalue weighted by molar-refractivity contribution is 0.0894. The summed E-state index contributed by atoms with van der Waals surface area (Å²) in [7, 11) is 3.21. The highest BCUT2D eigenvalue weighted by atomic mass is 16.5. The number of rotatable bonds is 4. The van der Waals surface area contributed by atoms with Gasteiger partial charge in [-0.1, -0.05) is 0 Å². The highest BCUT2D eigenvalue weighted by Crippen LogP contribution is 2.36. The topological polar surface area (TPSA) is 47.9 Å². The molecular formula is C13H18O4. The molecule has 1 aliphatic rings. The van der Waals surface area contributed by atoms with Crippen molar-refractivity contribution in [2.24, 2.45) is 5.92 Å². The van der Waals surface area contributed by atoms with Crippen LogP contribution >= 0.6 is 0 Å². The molecule has 1 heterocycles. The number of methoxy groups -OCH3 is 2. The average Bonchev–Trinajstić information content (AvgIpc) is 2.91. The third-order valence-corrected chi connectivity index (χ3v) is 3.17. The lowest BCUT2D eigenvalue weighted by Gasteiger charge is -2.20. The fourth-order valence-corrected chi connectivity index (χ4v) is 2.13. The van der Waals surface area contributed by atoms with Crippen LogP contribution in [0, 0.1) is 5.92 Å². The van der Waals surface area contributed by atoms with Crippen molar-refractivity contribution in [2.45, 2.75) is 12.5 Å². The van der Waals surface area contributed by atoms with Gasteiger partial charge in [-0.3, -0.25) is 0 Å². The van der Waals surface area contributed by atoms with E-state index in [4.69, 9.17) is 14.2 Å². The van der Waals surface area contributed by atoms with E-state index in [1.807, 2.05) is 18.2 Å². The molecule has 1 fully saturated rings. The minimum absolute atomic E-state index is 0.135. The summed E-state index contributed by atoms with van der Waals surface area (Å²) in [6.45, 7) is 1.32. The summed E-state index contributed by atoms with van der Waals surface area (Å²) in [6, 6.07) is 5.45. The van der Waals surface area contributed by atoms with E-state index >= 15 is 0 Å². The van der Waals surface area contributed by atoms with Gasteiger partial charge in [-0.25, -0.2) is 0 Å². The molecule has 1 aliphatic heterocycles. The van der Waals surface area contributed by atoms with Gasteiger partial charge in [0.1, 0.15) is 11.5 Å². The van der Waals surface area contributed by atoms with E-state index in [1.165, 1.54) is 0 Å². The minimum atomic E-state index is -0.567. The van der Waals surface area contributed by atoms with Crippen molar-refractivity contribution >= 4 is 0 Å². The largest absolute Gasteiger partial charge is 0.497 e. The molecule has 2 atom stereocenters. The third-order valence-electron chi connectivity index (χ3n) is 3.17. The molecule has 1 saturated heterocycles. The van der Waals surface area contributed by atoms with Crippen molar-refractivity contribution in [1.29, 1.82) is 0 Å². The van der Waals surface area contributed by atoms with Crippen LogP contribution in [0.25, 0.3) is 0 Å². The molecule has 2 rings (SSSR count). The SMILES string of the molecule is COc1ccc(OC)c(C(O)C2CCOC2)c1. The van der Waals surface area contributed by atoms with Crippen LogP contribution in [0.5, 0.6) is 11.5 Å². The van der Waals surface area contributed by atoms with Crippen LogP contribution in [0.2, 0.25) is 0 Å². The van der Waals surface area contributed by atoms with Crippen molar-refractivity contribution in [3.05, 3.63) is 23.8 Å². The van der Waals surface area contributed by atoms with E-state index in [9.17, 15) is 5.11 Å². The van der Waals surface area contributed by atoms with Gasteiger partial charge < -0.3 is 19.3 Å². The zero-order valence-electron chi connectivity index (χ0n) is 10.2. The second kappa shape index (κ2) is 5.38. The average molecular weight is 238 g/mol. The third kappa shape index (κ3) is 2.53. The molecule has 1 N–H and O–H groups in total. The fraction of sp³-hybridized carbons (Fsp3) is 0.538. The quantitative estimate of drug-likeness (QED) is 0.868. The van der Waals surface area contributed by atoms with Gasteiger partial charge in [-0.15, -0.1) is 0 Å². The maximum Gasteiger partial charge on any atom is 0.124 e. The molecule has 1 aromatic rings. The van der Waals surface area contributed by atoms with Gasteiger partial charge in [0.25, 0.3) is 0 Å². The van der Waals surface area contributed by atoms with E-state index < -0.39 is 6.10 Å². The standard InChI is InChI=1S/C13H18O4/c1-15-10-3-4-12(16-2)11(7-10)13(14)9-5-6-17-8-9/h3-4,7,9,13-14H,5-6,8H2,1-2H3. The summed E-state index contributed by atoms with van der Waals surface area (Å²) < 4.78 is 15.7. The van der Waals surface area contributed by atoms with Gasteiger partial charge in [0.05, 0.1) is 26.9 Å². The van der Waals surface area contributed by atoms with E-state index in [1.54, 1.807) is 14.2 Å². The van der Waals surface area contributed by atoms with Gasteiger partial charge in [0.2, 0.25) is 0 Å². The summed E-state index contributed by atoms with van der Waals surface area (Å²) in [5.41, 5.74) is 0.766. The van der Waals surface area contributed by atoms with Crippen molar-refractivity contribution in [3.63, 3.8) is 0 Å². The van der Waals surface area contributed by atoms with Crippen LogP contribution in [0.1, 0.15) is 18.1 Å². The Kier molecular flexibility index (Phi) is 3.86. The maximum atomic E-state index is 10.3. The van der Waals surface area contributed by atoms with Crippen LogP contribution in [0.3, 0.4) is 0 Å². The second-order valence-corrected chi connectivity index (χ2v) is 4.18. The van der Waals surface area contributed by atoms with Crippen molar-refractivity contribution < 1.29 is 19.3 Å². The molecule has 2 unspecified atom stereocenters. The molecule has 0 aromatic heterocycles. The number of hydrogen-bond donors (Lipinski definition) is 1. The summed E-state index contributed by atoms with van der Waals surface area (Å²) in [5.74, 6) is 1.54. The van der Waals surface area contributed by atoms with Crippen LogP contribution in [0.4, 0.5) is 0 Å². The van der Waals surface area contributed by atoms with Crippen LogP contribution in [0.15, 0.2) is 18.2 Å². The highest BCUT2D eigenvalue weighted by molar-refractivity contribution is 5.42. The Bertz CT molecular complexity index is 372. The smallest absolute Gasteiger partial charge is 0.124 e. The highest BCUT2D eigenvalue weighted by Gasteiger charge is 2.27. The number of hydrogen-bond acceptors (Lipinski definition) is 4. The molecule has 94 valence electrons. The maximum absolute atomic E-state index is 10.3. The predicted molar refractivity (Wildman–Crippen MR) is 63.4 cm³/mol. The van der Waals surface area contributed by atoms with E-state index in [0.29, 0.717) is 19.0 Å². The molecular weight excluding hydrogens is 220 g/mol. The van der Waals surface area contributed by atoms with Crippen LogP contribution in [-0.2, 0) is 4.74 Å². The molecule has 4 nitrogen and oxygen atoms in total. The lowest BCUT2D eigenvalue weighted by atomic mass is 9.94. The fourth-order valence-electron chi connectivity index (χ4n) is 2.13. The summed E-state index contributed by atoms with van der Waals surface area (Å²) >= 11 is 0. The first-order chi connectivity index (χ1) is 8.26. The second-order valence-electron chi connectivity index (χ2n) is 4.18. The first-order valence-electron chi connectivity index (χ1n) is 5.74. The van der Waals surface area contributed by atoms with Crippen LogP contribution in [-0.4, -0.2) is 32.5 Å². The Hall–Kier alpha value is -1.26. The molecule has 0 amide bonds. The zero-order chi connectivity index (χ0) is 12.3. The molecule has 0 bridgehead atoms. The molecule has 4 heteroatoms. The van der Waals surface area contributed by atoms with E-state index in [2.05, 4.69) is 0 Å². The van der Waals surface area contributed by atoms with Crippen molar-refractivity contribution in [2.75, 3.05) is 27.4 Å². The number of ether oxygens (including phenoxy) is 3. The molecule has 1 aromatic carbocycles. The monoisotopic (exact) mass is 238 g/mol. The Morgan fingerprint density at radius 2 is 2.18 bits per heavy atom. The Morgan fingerprint density at radius 1 is 1.35 bits per heavy atom. The summed E-state index contributed by atoms with van der Waals surface area (Å²) in [5, 5.41) is 10.3. The van der Waals surface area contributed by atoms with Gasteiger partial charge in [0, 0.05) is 18.1 Å². The number of aliphatic hydroxyl groups is 1. The lowest BCUT2D eigenvalue weighted by Crippen LogP contribution is -2.13. The predicted octanol–water partition coefficient (Wildman–Crippen LogP) is 1.77. The normalized spacial score (nSPS) is 21.2. The zero-order valence-corrected chi connectivity index (χ0v) is 10.2. The molecule has 0 aliphatic carbocycles. The molecule has 0 saturated carbocycles. The minimum Gasteiger partial charge on any atom is -0.497 e. The molecule has 0 spiro atoms. The first kappa shape index (κ1) is 12.2. The molecule has 17 heavy (non-hydrogen) atoms. The van der Waals surface area contributed by atoms with Crippen LogP contribution < -0.4 is 9.47 Å². The van der Waals surface area contributed by atoms with Crippen molar-refractivity contribution in [3.8, 4) is 11.5 Å². The van der Waals surface area contributed by atoms with Gasteiger partial charge in [0.15, 0.2) is 0 Å². The Balaban J connectivity index is 2.27.